The molecule has 0 bridgehead atoms. The number of hydrogen-bond donors (Lipinski definition) is 3. The van der Waals surface area contributed by atoms with Crippen molar-refractivity contribution in [2.45, 2.75) is 103 Å². The Bertz CT molecular complexity index is 810. The van der Waals surface area contributed by atoms with E-state index < -0.39 is 17.8 Å². The average molecular weight is 441 g/mol. The minimum absolute atomic E-state index is 0.199. The smallest absolute Gasteiger partial charge is 0.0822 e. The lowest BCUT2D eigenvalue weighted by Crippen LogP contribution is -2.32. The van der Waals surface area contributed by atoms with Gasteiger partial charge in [0.1, 0.15) is 0 Å². The summed E-state index contributed by atoms with van der Waals surface area (Å²) in [5.41, 5.74) is 4.35. The molecule has 0 aliphatic heterocycles. The first-order chi connectivity index (χ1) is 15.1. The predicted molar refractivity (Wildman–Crippen MR) is 133 cm³/mol. The van der Waals surface area contributed by atoms with Gasteiger partial charge in [0.05, 0.1) is 17.8 Å². The second-order valence-corrected chi connectivity index (χ2v) is 10.6. The third-order valence-corrected chi connectivity index (χ3v) is 8.55. The molecule has 3 heteroatoms. The van der Waals surface area contributed by atoms with Crippen LogP contribution in [0.25, 0.3) is 0 Å². The molecule has 5 unspecified atom stereocenters. The lowest BCUT2D eigenvalue weighted by atomic mass is 9.62. The maximum atomic E-state index is 10.5. The van der Waals surface area contributed by atoms with Gasteiger partial charge in [0.2, 0.25) is 0 Å². The number of rotatable bonds is 7. The molecule has 3 aliphatic rings. The van der Waals surface area contributed by atoms with Crippen molar-refractivity contribution in [1.82, 2.24) is 0 Å². The van der Waals surface area contributed by atoms with Crippen LogP contribution < -0.4 is 0 Å². The number of aliphatic hydroxyl groups excluding tert-OH is 2. The minimum atomic E-state index is -0.672. The van der Waals surface area contributed by atoms with Crippen molar-refractivity contribution < 1.29 is 15.3 Å². The third kappa shape index (κ3) is 5.21. The van der Waals surface area contributed by atoms with Crippen molar-refractivity contribution in [2.75, 3.05) is 0 Å². The van der Waals surface area contributed by atoms with E-state index in [1.807, 2.05) is 19.9 Å². The lowest BCUT2D eigenvalue weighted by molar-refractivity contribution is 0.0823. The Kier molecular flexibility index (Phi) is 8.06. The number of allylic oxidation sites excluding steroid dienone is 6. The summed E-state index contributed by atoms with van der Waals surface area (Å²) in [6, 6.07) is 0. The second kappa shape index (κ2) is 10.2. The molecule has 3 nitrogen and oxygen atoms in total. The van der Waals surface area contributed by atoms with E-state index >= 15 is 0 Å². The highest BCUT2D eigenvalue weighted by Crippen LogP contribution is 2.57. The zero-order valence-corrected chi connectivity index (χ0v) is 20.6. The highest BCUT2D eigenvalue weighted by atomic mass is 16.3. The van der Waals surface area contributed by atoms with Gasteiger partial charge >= 0.3 is 0 Å². The molecular formula is C29H44O3. The Morgan fingerprint density at radius 1 is 1.25 bits per heavy atom. The first kappa shape index (κ1) is 25.2. The molecule has 0 amide bonds. The van der Waals surface area contributed by atoms with Gasteiger partial charge in [0.25, 0.3) is 0 Å². The minimum Gasteiger partial charge on any atom is -0.393 e. The molecule has 0 aromatic heterocycles. The Morgan fingerprint density at radius 2 is 1.97 bits per heavy atom. The van der Waals surface area contributed by atoms with Crippen molar-refractivity contribution in [3.8, 4) is 0 Å². The molecule has 0 aromatic carbocycles. The fourth-order valence-corrected chi connectivity index (χ4v) is 6.19. The van der Waals surface area contributed by atoms with Crippen LogP contribution in [0.3, 0.4) is 0 Å². The summed E-state index contributed by atoms with van der Waals surface area (Å²) in [5.74, 6) is 1.00. The van der Waals surface area contributed by atoms with Crippen LogP contribution in [-0.4, -0.2) is 33.1 Å². The highest BCUT2D eigenvalue weighted by Gasteiger charge is 2.45. The van der Waals surface area contributed by atoms with Gasteiger partial charge in [-0.15, -0.1) is 0 Å². The molecule has 3 aliphatic carbocycles. The molecule has 0 aromatic rings. The van der Waals surface area contributed by atoms with Crippen LogP contribution in [0.5, 0.6) is 0 Å². The van der Waals surface area contributed by atoms with Gasteiger partial charge in [-0.3, -0.25) is 0 Å². The number of fused-ring (bicyclic) bond motifs is 1. The van der Waals surface area contributed by atoms with E-state index in [1.165, 1.54) is 18.4 Å². The highest BCUT2D eigenvalue weighted by molar-refractivity contribution is 5.40. The van der Waals surface area contributed by atoms with Crippen molar-refractivity contribution in [1.29, 1.82) is 0 Å². The predicted octanol–water partition coefficient (Wildman–Crippen LogP) is 6.18. The van der Waals surface area contributed by atoms with Gasteiger partial charge in [-0.05, 0) is 79.8 Å². The van der Waals surface area contributed by atoms with E-state index in [4.69, 9.17) is 0 Å². The zero-order valence-electron chi connectivity index (χ0n) is 20.6. The Labute approximate surface area is 195 Å². The standard InChI is InChI=1S/C29H44O3/c1-6-29(32,7-2)17-8-10-20(3)25-14-15-26-22(11-9-16-28(25,26)5)12-13-23-18-24(30)19-27(31)21(23)4/h8,12-14,17,20,24,26-27,30-32H,4,6-7,9-11,15-16,18-19H2,1-3,5H3/b17-8+,22-12-,23-13+. The lowest BCUT2D eigenvalue weighted by Gasteiger charge is -2.42. The molecule has 2 fully saturated rings. The number of hydrogen-bond acceptors (Lipinski definition) is 3. The van der Waals surface area contributed by atoms with Crippen LogP contribution >= 0.6 is 0 Å². The topological polar surface area (TPSA) is 60.7 Å². The van der Waals surface area contributed by atoms with Gasteiger partial charge in [0, 0.05) is 6.42 Å². The molecule has 0 radical (unpaired) electrons. The summed E-state index contributed by atoms with van der Waals surface area (Å²) in [7, 11) is 0. The second-order valence-electron chi connectivity index (χ2n) is 10.6. The Balaban J connectivity index is 1.73. The number of aliphatic hydroxyl groups is 3. The van der Waals surface area contributed by atoms with Gasteiger partial charge in [-0.25, -0.2) is 0 Å². The van der Waals surface area contributed by atoms with E-state index in [1.54, 1.807) is 5.57 Å². The van der Waals surface area contributed by atoms with E-state index in [0.29, 0.717) is 24.7 Å². The maximum Gasteiger partial charge on any atom is 0.0822 e. The van der Waals surface area contributed by atoms with Crippen LogP contribution in [0.4, 0.5) is 0 Å². The van der Waals surface area contributed by atoms with E-state index in [9.17, 15) is 15.3 Å². The van der Waals surface area contributed by atoms with E-state index in [2.05, 4.69) is 44.7 Å². The molecule has 0 heterocycles. The van der Waals surface area contributed by atoms with Crippen LogP contribution in [0.1, 0.15) is 85.5 Å². The van der Waals surface area contributed by atoms with Gasteiger partial charge in [-0.1, -0.05) is 75.8 Å². The first-order valence-electron chi connectivity index (χ1n) is 12.7. The largest absolute Gasteiger partial charge is 0.393 e. The zero-order chi connectivity index (χ0) is 23.5. The van der Waals surface area contributed by atoms with Crippen molar-refractivity contribution in [3.63, 3.8) is 0 Å². The molecule has 2 saturated carbocycles. The van der Waals surface area contributed by atoms with Crippen LogP contribution in [-0.2, 0) is 0 Å². The van der Waals surface area contributed by atoms with E-state index in [0.717, 1.165) is 43.3 Å². The molecule has 0 saturated heterocycles. The van der Waals surface area contributed by atoms with Crippen molar-refractivity contribution >= 4 is 0 Å². The summed E-state index contributed by atoms with van der Waals surface area (Å²) < 4.78 is 0. The summed E-state index contributed by atoms with van der Waals surface area (Å²) in [4.78, 5) is 0. The molecule has 0 spiro atoms. The van der Waals surface area contributed by atoms with Crippen molar-refractivity contribution in [3.05, 3.63) is 59.3 Å². The molecule has 178 valence electrons. The van der Waals surface area contributed by atoms with Gasteiger partial charge in [0.15, 0.2) is 0 Å². The summed E-state index contributed by atoms with van der Waals surface area (Å²) in [6.45, 7) is 12.9. The van der Waals surface area contributed by atoms with Gasteiger partial charge < -0.3 is 15.3 Å². The molecule has 3 rings (SSSR count). The average Bonchev–Trinajstić information content (AvgIpc) is 3.12. The van der Waals surface area contributed by atoms with E-state index in [-0.39, 0.29) is 5.41 Å². The van der Waals surface area contributed by atoms with Crippen LogP contribution in [0.2, 0.25) is 0 Å². The first-order valence-corrected chi connectivity index (χ1v) is 12.7. The summed E-state index contributed by atoms with van der Waals surface area (Å²) in [6.07, 6.45) is 18.0. The maximum absolute atomic E-state index is 10.5. The Hall–Kier alpha value is -1.42. The monoisotopic (exact) mass is 440 g/mol. The molecule has 32 heavy (non-hydrogen) atoms. The molecule has 5 atom stereocenters. The quantitative estimate of drug-likeness (QED) is 0.414. The normalized spacial score (nSPS) is 34.9. The van der Waals surface area contributed by atoms with Crippen molar-refractivity contribution in [2.24, 2.45) is 17.3 Å². The molecule has 3 N–H and O–H groups in total. The third-order valence-electron chi connectivity index (χ3n) is 8.55. The summed E-state index contributed by atoms with van der Waals surface area (Å²) in [5, 5.41) is 30.7. The Morgan fingerprint density at radius 3 is 2.66 bits per heavy atom. The fourth-order valence-electron chi connectivity index (χ4n) is 6.19. The van der Waals surface area contributed by atoms with Crippen LogP contribution in [0, 0.1) is 17.3 Å². The SMILES string of the molecule is C=C1/C(=C/C=C2/CCCC3(C)C(C(C)C/C=C/C(O)(CC)CC)=CCC23)CC(O)CC1O. The van der Waals surface area contributed by atoms with Gasteiger partial charge in [-0.2, -0.15) is 0 Å². The summed E-state index contributed by atoms with van der Waals surface area (Å²) >= 11 is 0. The van der Waals surface area contributed by atoms with Crippen LogP contribution in [0.15, 0.2) is 59.3 Å². The fraction of sp³-hybridized carbons (Fsp3) is 0.655. The molecular weight excluding hydrogens is 396 g/mol.